The number of likely N-dealkylation sites (tertiary alicyclic amines) is 1. The van der Waals surface area contributed by atoms with Crippen molar-refractivity contribution in [3.05, 3.63) is 34.3 Å². The van der Waals surface area contributed by atoms with E-state index >= 15 is 0 Å². The van der Waals surface area contributed by atoms with E-state index in [4.69, 9.17) is 17.3 Å². The number of halogens is 1. The Morgan fingerprint density at radius 2 is 2.10 bits per heavy atom. The van der Waals surface area contributed by atoms with Gasteiger partial charge in [-0.2, -0.15) is 0 Å². The second-order valence-corrected chi connectivity index (χ2v) is 6.80. The molecule has 0 unspecified atom stereocenters. The van der Waals surface area contributed by atoms with Crippen LogP contribution in [0.5, 0.6) is 0 Å². The third-order valence-corrected chi connectivity index (χ3v) is 4.75. The lowest BCUT2D eigenvalue weighted by molar-refractivity contribution is 0.100. The monoisotopic (exact) mass is 309 g/mol. The smallest absolute Gasteiger partial charge is 0.248 e. The number of nitrogens with zero attached hydrogens (tertiary/aromatic N) is 1. The van der Waals surface area contributed by atoms with Crippen LogP contribution in [-0.4, -0.2) is 37.5 Å². The van der Waals surface area contributed by atoms with Crippen molar-refractivity contribution in [1.82, 2.24) is 10.2 Å². The molecular formula is C16H24ClN3O. The summed E-state index contributed by atoms with van der Waals surface area (Å²) >= 11 is 6.19. The number of rotatable bonds is 5. The second-order valence-electron chi connectivity index (χ2n) is 6.39. The van der Waals surface area contributed by atoms with Gasteiger partial charge < -0.3 is 16.0 Å². The van der Waals surface area contributed by atoms with Crippen molar-refractivity contribution in [3.8, 4) is 0 Å². The molecule has 0 bridgehead atoms. The van der Waals surface area contributed by atoms with E-state index in [0.29, 0.717) is 22.5 Å². The molecule has 1 aromatic rings. The first-order chi connectivity index (χ1) is 9.89. The quantitative estimate of drug-likeness (QED) is 0.877. The van der Waals surface area contributed by atoms with Crippen LogP contribution in [0.25, 0.3) is 0 Å². The number of nitrogens with two attached hydrogens (primary N) is 1. The Morgan fingerprint density at radius 3 is 2.67 bits per heavy atom. The van der Waals surface area contributed by atoms with Crippen molar-refractivity contribution in [2.45, 2.75) is 26.3 Å². The number of benzene rings is 1. The van der Waals surface area contributed by atoms with Gasteiger partial charge in [-0.05, 0) is 56.1 Å². The number of primary amides is 1. The van der Waals surface area contributed by atoms with Crippen LogP contribution < -0.4 is 11.1 Å². The molecule has 2 rings (SSSR count). The minimum Gasteiger partial charge on any atom is -0.366 e. The zero-order valence-corrected chi connectivity index (χ0v) is 13.5. The number of hydrogen-bond acceptors (Lipinski definition) is 3. The van der Waals surface area contributed by atoms with E-state index < -0.39 is 5.91 Å². The molecule has 3 N–H and O–H groups in total. The van der Waals surface area contributed by atoms with Crippen molar-refractivity contribution in [3.63, 3.8) is 0 Å². The van der Waals surface area contributed by atoms with Crippen LogP contribution in [0.15, 0.2) is 18.2 Å². The van der Waals surface area contributed by atoms with Crippen molar-refractivity contribution in [2.24, 2.45) is 11.1 Å². The van der Waals surface area contributed by atoms with Gasteiger partial charge in [0.05, 0.1) is 0 Å². The molecule has 0 aromatic heterocycles. The first kappa shape index (κ1) is 16.3. The molecule has 1 aliphatic rings. The van der Waals surface area contributed by atoms with Crippen LogP contribution in [0.1, 0.15) is 35.7 Å². The molecule has 0 atom stereocenters. The maximum Gasteiger partial charge on any atom is 0.248 e. The molecule has 1 saturated heterocycles. The summed E-state index contributed by atoms with van der Waals surface area (Å²) in [5.41, 5.74) is 7.04. The third kappa shape index (κ3) is 4.43. The van der Waals surface area contributed by atoms with Crippen LogP contribution in [-0.2, 0) is 6.54 Å². The molecule has 4 nitrogen and oxygen atoms in total. The molecule has 0 aliphatic carbocycles. The van der Waals surface area contributed by atoms with Crippen LogP contribution >= 0.6 is 11.6 Å². The summed E-state index contributed by atoms with van der Waals surface area (Å²) in [5.74, 6) is -0.449. The maximum absolute atomic E-state index is 11.1. The molecular weight excluding hydrogens is 286 g/mol. The van der Waals surface area contributed by atoms with Crippen molar-refractivity contribution in [1.29, 1.82) is 0 Å². The predicted octanol–water partition coefficient (Wildman–Crippen LogP) is 2.26. The molecule has 1 aliphatic heterocycles. The van der Waals surface area contributed by atoms with E-state index in [2.05, 4.69) is 24.2 Å². The van der Waals surface area contributed by atoms with Gasteiger partial charge in [0.1, 0.15) is 0 Å². The molecule has 21 heavy (non-hydrogen) atoms. The van der Waals surface area contributed by atoms with Crippen LogP contribution in [0.3, 0.4) is 0 Å². The first-order valence-corrected chi connectivity index (χ1v) is 7.75. The standard InChI is InChI=1S/C16H24ClN3O/c1-16(5-7-20(2)8-6-16)11-19-10-13-4-3-12(15(18)21)9-14(13)17/h3-4,9,19H,5-8,10-11H2,1-2H3,(H2,18,21). The van der Waals surface area contributed by atoms with E-state index in [0.717, 1.165) is 25.2 Å². The molecule has 1 fully saturated rings. The van der Waals surface area contributed by atoms with Gasteiger partial charge in [0.2, 0.25) is 5.91 Å². The maximum atomic E-state index is 11.1. The fourth-order valence-corrected chi connectivity index (χ4v) is 2.93. The van der Waals surface area contributed by atoms with E-state index in [1.165, 1.54) is 12.8 Å². The molecule has 0 saturated carbocycles. The largest absolute Gasteiger partial charge is 0.366 e. The molecule has 5 heteroatoms. The van der Waals surface area contributed by atoms with Crippen LogP contribution in [0.4, 0.5) is 0 Å². The van der Waals surface area contributed by atoms with E-state index in [-0.39, 0.29) is 0 Å². The highest BCUT2D eigenvalue weighted by Gasteiger charge is 2.28. The van der Waals surface area contributed by atoms with Gasteiger partial charge in [0, 0.05) is 23.7 Å². The number of carbonyl (C=O) groups excluding carboxylic acids is 1. The van der Waals surface area contributed by atoms with Crippen LogP contribution in [0.2, 0.25) is 5.02 Å². The molecule has 1 aromatic carbocycles. The summed E-state index contributed by atoms with van der Waals surface area (Å²) in [6.45, 7) is 6.35. The fourth-order valence-electron chi connectivity index (χ4n) is 2.68. The van der Waals surface area contributed by atoms with Gasteiger partial charge in [-0.1, -0.05) is 24.6 Å². The lowest BCUT2D eigenvalue weighted by atomic mass is 9.80. The number of carbonyl (C=O) groups is 1. The summed E-state index contributed by atoms with van der Waals surface area (Å²) in [6, 6.07) is 5.23. The van der Waals surface area contributed by atoms with Crippen molar-refractivity contribution < 1.29 is 4.79 Å². The topological polar surface area (TPSA) is 58.4 Å². The average Bonchev–Trinajstić information content (AvgIpc) is 2.44. The molecule has 116 valence electrons. The van der Waals surface area contributed by atoms with E-state index in [9.17, 15) is 4.79 Å². The second kappa shape index (κ2) is 6.77. The Morgan fingerprint density at radius 1 is 1.43 bits per heavy atom. The van der Waals surface area contributed by atoms with Gasteiger partial charge >= 0.3 is 0 Å². The molecule has 0 radical (unpaired) electrons. The normalized spacial score (nSPS) is 18.6. The lowest BCUT2D eigenvalue weighted by Gasteiger charge is -2.38. The first-order valence-electron chi connectivity index (χ1n) is 7.37. The van der Waals surface area contributed by atoms with Crippen molar-refractivity contribution in [2.75, 3.05) is 26.7 Å². The number of amides is 1. The minimum absolute atomic E-state index is 0.353. The molecule has 1 amide bonds. The number of nitrogens with one attached hydrogen (secondary N) is 1. The molecule has 0 spiro atoms. The van der Waals surface area contributed by atoms with Gasteiger partial charge in [0.15, 0.2) is 0 Å². The van der Waals surface area contributed by atoms with Gasteiger partial charge in [0.25, 0.3) is 0 Å². The summed E-state index contributed by atoms with van der Waals surface area (Å²) in [7, 11) is 2.17. The third-order valence-electron chi connectivity index (χ3n) is 4.40. The van der Waals surface area contributed by atoms with Gasteiger partial charge in [-0.25, -0.2) is 0 Å². The Balaban J connectivity index is 1.87. The average molecular weight is 310 g/mol. The highest BCUT2D eigenvalue weighted by molar-refractivity contribution is 6.31. The fraction of sp³-hybridized carbons (Fsp3) is 0.562. The highest BCUT2D eigenvalue weighted by Crippen LogP contribution is 2.29. The minimum atomic E-state index is -0.449. The number of piperidine rings is 1. The SMILES string of the molecule is CN1CCC(C)(CNCc2ccc(C(N)=O)cc2Cl)CC1. The number of hydrogen-bond donors (Lipinski definition) is 2. The van der Waals surface area contributed by atoms with Gasteiger partial charge in [-0.15, -0.1) is 0 Å². The van der Waals surface area contributed by atoms with Crippen molar-refractivity contribution >= 4 is 17.5 Å². The zero-order valence-electron chi connectivity index (χ0n) is 12.8. The summed E-state index contributed by atoms with van der Waals surface area (Å²) in [4.78, 5) is 13.5. The summed E-state index contributed by atoms with van der Waals surface area (Å²) in [5, 5.41) is 4.09. The Labute approximate surface area is 131 Å². The Bertz CT molecular complexity index is 510. The van der Waals surface area contributed by atoms with E-state index in [1.807, 2.05) is 6.07 Å². The predicted molar refractivity (Wildman–Crippen MR) is 86.5 cm³/mol. The Hall–Kier alpha value is -1.10. The van der Waals surface area contributed by atoms with Crippen LogP contribution in [0, 0.1) is 5.41 Å². The van der Waals surface area contributed by atoms with Gasteiger partial charge in [-0.3, -0.25) is 4.79 Å². The van der Waals surface area contributed by atoms with E-state index in [1.54, 1.807) is 12.1 Å². The summed E-state index contributed by atoms with van der Waals surface area (Å²) in [6.07, 6.45) is 2.43. The zero-order chi connectivity index (χ0) is 15.5. The lowest BCUT2D eigenvalue weighted by Crippen LogP contribution is -2.41. The molecule has 1 heterocycles. The highest BCUT2D eigenvalue weighted by atomic mass is 35.5. The summed E-state index contributed by atoms with van der Waals surface area (Å²) < 4.78 is 0. The Kier molecular flexibility index (Phi) is 5.25.